The van der Waals surface area contributed by atoms with Gasteiger partial charge in [-0.1, -0.05) is 33.1 Å². The number of nitrogens with one attached hydrogen (secondary N) is 3. The van der Waals surface area contributed by atoms with E-state index >= 15 is 0 Å². The van der Waals surface area contributed by atoms with E-state index in [4.69, 9.17) is 0 Å². The topological polar surface area (TPSA) is 56.4 Å². The Morgan fingerprint density at radius 1 is 1.21 bits per heavy atom. The van der Waals surface area contributed by atoms with Crippen LogP contribution >= 0.6 is 0 Å². The van der Waals surface area contributed by atoms with Gasteiger partial charge in [0.1, 0.15) is 6.17 Å². The molecule has 0 radical (unpaired) electrons. The van der Waals surface area contributed by atoms with Gasteiger partial charge in [-0.05, 0) is 18.8 Å². The molecule has 1 aliphatic carbocycles. The minimum atomic E-state index is -0.105. The fraction of sp³-hybridized carbons (Fsp3) is 0.786. The average Bonchev–Trinajstić information content (AvgIpc) is 2.80. The van der Waals surface area contributed by atoms with E-state index in [1.165, 1.54) is 32.1 Å². The summed E-state index contributed by atoms with van der Waals surface area (Å²) in [5.41, 5.74) is 0.935. The maximum Gasteiger partial charge on any atom is 0.320 e. The first kappa shape index (κ1) is 14.2. The third kappa shape index (κ3) is 3.03. The van der Waals surface area contributed by atoms with Crippen molar-refractivity contribution in [2.24, 2.45) is 5.92 Å². The predicted octanol–water partition coefficient (Wildman–Crippen LogP) is 1.93. The number of nitrogens with zero attached hydrogens (tertiary/aromatic N) is 1. The van der Waals surface area contributed by atoms with Crippen molar-refractivity contribution in [3.8, 4) is 0 Å². The number of urea groups is 1. The molecule has 5 heteroatoms. The molecule has 2 fully saturated rings. The first-order chi connectivity index (χ1) is 9.24. The van der Waals surface area contributed by atoms with E-state index in [0.29, 0.717) is 12.1 Å². The summed E-state index contributed by atoms with van der Waals surface area (Å²) in [5.74, 6) is 0.698. The average molecular weight is 266 g/mol. The standard InChI is InChI=1S/C12H20N4O.C2H6/c1-16-7-9-10(15-12(17)13-9)14-11(16)8-5-3-2-4-6-8;1-2/h7-8,10-11,14H,2-6H2,1H3,(H2,13,15,17);1-2H3. The van der Waals surface area contributed by atoms with Gasteiger partial charge >= 0.3 is 6.03 Å². The van der Waals surface area contributed by atoms with Gasteiger partial charge in [0.25, 0.3) is 0 Å². The van der Waals surface area contributed by atoms with Crippen molar-refractivity contribution >= 4 is 6.03 Å². The number of rotatable bonds is 1. The van der Waals surface area contributed by atoms with Crippen LogP contribution < -0.4 is 16.0 Å². The summed E-state index contributed by atoms with van der Waals surface area (Å²) in [4.78, 5) is 13.5. The molecule has 2 aliphatic heterocycles. The monoisotopic (exact) mass is 266 g/mol. The molecule has 1 saturated carbocycles. The summed E-state index contributed by atoms with van der Waals surface area (Å²) < 4.78 is 0. The number of carbonyl (C=O) groups is 1. The van der Waals surface area contributed by atoms with E-state index in [1.54, 1.807) is 0 Å². The molecule has 1 saturated heterocycles. The summed E-state index contributed by atoms with van der Waals surface area (Å²) in [6.45, 7) is 4.00. The summed E-state index contributed by atoms with van der Waals surface area (Å²) in [6, 6.07) is -0.105. The van der Waals surface area contributed by atoms with E-state index < -0.39 is 0 Å². The van der Waals surface area contributed by atoms with Crippen molar-refractivity contribution in [3.63, 3.8) is 0 Å². The third-order valence-electron chi connectivity index (χ3n) is 4.06. The molecule has 0 bridgehead atoms. The van der Waals surface area contributed by atoms with Crippen molar-refractivity contribution in [3.05, 3.63) is 11.9 Å². The Morgan fingerprint density at radius 3 is 2.58 bits per heavy atom. The van der Waals surface area contributed by atoms with Crippen molar-refractivity contribution < 1.29 is 4.79 Å². The van der Waals surface area contributed by atoms with Gasteiger partial charge in [-0.2, -0.15) is 0 Å². The fourth-order valence-electron chi connectivity index (χ4n) is 3.19. The number of hydrogen-bond donors (Lipinski definition) is 3. The van der Waals surface area contributed by atoms with Crippen molar-refractivity contribution in [1.29, 1.82) is 0 Å². The van der Waals surface area contributed by atoms with Crippen LogP contribution in [0.2, 0.25) is 0 Å². The van der Waals surface area contributed by atoms with Gasteiger partial charge in [-0.25, -0.2) is 4.79 Å². The van der Waals surface area contributed by atoms with Crippen molar-refractivity contribution in [1.82, 2.24) is 20.9 Å². The molecule has 2 unspecified atom stereocenters. The summed E-state index contributed by atoms with van der Waals surface area (Å²) in [5, 5.41) is 9.23. The van der Waals surface area contributed by atoms with Crippen LogP contribution in [-0.2, 0) is 0 Å². The SMILES string of the molecule is CC.CN1C=C2NC(=O)NC2NC1C1CCCCC1. The second-order valence-electron chi connectivity index (χ2n) is 5.29. The van der Waals surface area contributed by atoms with Gasteiger partial charge < -0.3 is 15.5 Å². The minimum absolute atomic E-state index is 0.0226. The Balaban J connectivity index is 0.000000637. The molecule has 3 aliphatic rings. The van der Waals surface area contributed by atoms with Crippen LogP contribution in [0.25, 0.3) is 0 Å². The number of carbonyl (C=O) groups excluding carboxylic acids is 1. The molecule has 2 atom stereocenters. The Labute approximate surface area is 115 Å². The second-order valence-corrected chi connectivity index (χ2v) is 5.29. The quantitative estimate of drug-likeness (QED) is 0.680. The van der Waals surface area contributed by atoms with Crippen LogP contribution in [0.4, 0.5) is 4.79 Å². The van der Waals surface area contributed by atoms with Gasteiger partial charge in [0.2, 0.25) is 0 Å². The highest BCUT2D eigenvalue weighted by Crippen LogP contribution is 2.29. The first-order valence-electron chi connectivity index (χ1n) is 7.51. The molecule has 3 rings (SSSR count). The lowest BCUT2D eigenvalue weighted by atomic mass is 9.86. The summed E-state index contributed by atoms with van der Waals surface area (Å²) in [6.07, 6.45) is 9.01. The smallest absolute Gasteiger partial charge is 0.320 e. The largest absolute Gasteiger partial charge is 0.363 e. The lowest BCUT2D eigenvalue weighted by molar-refractivity contribution is 0.129. The molecule has 0 aromatic carbocycles. The molecule has 108 valence electrons. The van der Waals surface area contributed by atoms with Crippen LogP contribution in [0.3, 0.4) is 0 Å². The maximum atomic E-state index is 11.3. The third-order valence-corrected chi connectivity index (χ3v) is 4.06. The number of amides is 2. The molecule has 0 spiro atoms. The van der Waals surface area contributed by atoms with Gasteiger partial charge in [0, 0.05) is 13.2 Å². The number of fused-ring (bicyclic) bond motifs is 1. The van der Waals surface area contributed by atoms with E-state index in [-0.39, 0.29) is 12.2 Å². The molecule has 5 nitrogen and oxygen atoms in total. The zero-order chi connectivity index (χ0) is 13.8. The Bertz CT molecular complexity index is 349. The van der Waals surface area contributed by atoms with E-state index in [0.717, 1.165) is 5.70 Å². The molecule has 0 aromatic rings. The van der Waals surface area contributed by atoms with E-state index in [9.17, 15) is 4.79 Å². The Kier molecular flexibility index (Phi) is 4.69. The maximum absolute atomic E-state index is 11.3. The Hall–Kier alpha value is -1.23. The van der Waals surface area contributed by atoms with E-state index in [2.05, 4.69) is 34.1 Å². The highest BCUT2D eigenvalue weighted by atomic mass is 16.2. The molecular weight excluding hydrogens is 240 g/mol. The minimum Gasteiger partial charge on any atom is -0.363 e. The predicted molar refractivity (Wildman–Crippen MR) is 76.1 cm³/mol. The van der Waals surface area contributed by atoms with Crippen LogP contribution in [0.15, 0.2) is 11.9 Å². The highest BCUT2D eigenvalue weighted by molar-refractivity contribution is 5.80. The van der Waals surface area contributed by atoms with Gasteiger partial charge in [-0.15, -0.1) is 0 Å². The zero-order valence-electron chi connectivity index (χ0n) is 12.2. The van der Waals surface area contributed by atoms with Crippen LogP contribution in [0, 0.1) is 5.92 Å². The zero-order valence-corrected chi connectivity index (χ0v) is 12.2. The molecule has 2 amide bonds. The first-order valence-corrected chi connectivity index (χ1v) is 7.51. The summed E-state index contributed by atoms with van der Waals surface area (Å²) in [7, 11) is 2.08. The number of hydrogen-bond acceptors (Lipinski definition) is 3. The van der Waals surface area contributed by atoms with Gasteiger partial charge in [-0.3, -0.25) is 5.32 Å². The molecule has 19 heavy (non-hydrogen) atoms. The van der Waals surface area contributed by atoms with Crippen molar-refractivity contribution in [2.75, 3.05) is 7.05 Å². The van der Waals surface area contributed by atoms with Crippen LogP contribution in [0.5, 0.6) is 0 Å². The fourth-order valence-corrected chi connectivity index (χ4v) is 3.19. The Morgan fingerprint density at radius 2 is 1.89 bits per heavy atom. The normalized spacial score (nSPS) is 30.6. The molecule has 2 heterocycles. The van der Waals surface area contributed by atoms with Gasteiger partial charge in [0.15, 0.2) is 0 Å². The van der Waals surface area contributed by atoms with Gasteiger partial charge in [0.05, 0.1) is 11.9 Å². The molecule has 3 N–H and O–H groups in total. The second kappa shape index (κ2) is 6.28. The van der Waals surface area contributed by atoms with Crippen LogP contribution in [-0.4, -0.2) is 30.3 Å². The molecule has 0 aromatic heterocycles. The lowest BCUT2D eigenvalue weighted by Gasteiger charge is -2.41. The lowest BCUT2D eigenvalue weighted by Crippen LogP contribution is -2.57. The molecular formula is C14H26N4O. The van der Waals surface area contributed by atoms with Crippen molar-refractivity contribution in [2.45, 2.75) is 58.3 Å². The highest BCUT2D eigenvalue weighted by Gasteiger charge is 2.36. The van der Waals surface area contributed by atoms with Crippen LogP contribution in [0.1, 0.15) is 46.0 Å². The summed E-state index contributed by atoms with van der Waals surface area (Å²) >= 11 is 0. The van der Waals surface area contributed by atoms with E-state index in [1.807, 2.05) is 13.8 Å².